The molecule has 42 heavy (non-hydrogen) atoms. The molecule has 2 saturated heterocycles. The van der Waals surface area contributed by atoms with Crippen LogP contribution in [-0.4, -0.2) is 113 Å². The topological polar surface area (TPSA) is 297 Å². The van der Waals surface area contributed by atoms with Crippen LogP contribution in [0.3, 0.4) is 0 Å². The molecule has 22 heteroatoms. The van der Waals surface area contributed by atoms with E-state index in [1.807, 2.05) is 0 Å². The predicted octanol–water partition coefficient (Wildman–Crippen LogP) is -3.38. The van der Waals surface area contributed by atoms with Crippen molar-refractivity contribution in [3.8, 4) is 0 Å². The van der Waals surface area contributed by atoms with Crippen molar-refractivity contribution in [2.75, 3.05) is 38.9 Å². The second-order valence-corrected chi connectivity index (χ2v) is 10.6. The van der Waals surface area contributed by atoms with Crippen LogP contribution in [0, 0.1) is 0 Å². The fourth-order valence-corrected chi connectivity index (χ4v) is 5.76. The number of methoxy groups -OCH3 is 2. The number of hydrogen-bond donors (Lipinski definition) is 6. The van der Waals surface area contributed by atoms with E-state index in [1.165, 1.54) is 25.1 Å². The molecule has 8 N–H and O–H groups in total. The molecule has 0 radical (unpaired) electrons. The highest BCUT2D eigenvalue weighted by Crippen LogP contribution is 2.49. The molecule has 0 saturated carbocycles. The Morgan fingerprint density at radius 1 is 1.02 bits per heavy atom. The SMILES string of the molecule is CO[C@H]1[C@@H](OP(=O)(O)OC[C@H]2O[C@@H](n3cnc4c(=O)[nH]c(N)nc43)[C@@H](OC)[C@H]2O)[C@@H](CO)O[C@H]1n1cnc(N)nc1=O. The Hall–Kier alpha value is -3.37. The van der Waals surface area contributed by atoms with Crippen LogP contribution in [0.5, 0.6) is 0 Å². The zero-order valence-electron chi connectivity index (χ0n) is 22.0. The van der Waals surface area contributed by atoms with Gasteiger partial charge in [-0.2, -0.15) is 9.97 Å². The first kappa shape index (κ1) is 30.1. The van der Waals surface area contributed by atoms with Gasteiger partial charge in [0.25, 0.3) is 5.56 Å². The molecule has 0 aliphatic carbocycles. The summed E-state index contributed by atoms with van der Waals surface area (Å²) < 4.78 is 47.9. The summed E-state index contributed by atoms with van der Waals surface area (Å²) in [4.78, 5) is 52.6. The minimum absolute atomic E-state index is 0.0406. The van der Waals surface area contributed by atoms with Gasteiger partial charge in [0.15, 0.2) is 23.6 Å². The molecule has 5 rings (SSSR count). The van der Waals surface area contributed by atoms with E-state index >= 15 is 0 Å². The van der Waals surface area contributed by atoms with E-state index in [9.17, 15) is 29.3 Å². The van der Waals surface area contributed by atoms with Gasteiger partial charge in [0, 0.05) is 14.2 Å². The van der Waals surface area contributed by atoms with Crippen molar-refractivity contribution in [3.05, 3.63) is 33.5 Å². The number of H-pyrrole nitrogens is 1. The van der Waals surface area contributed by atoms with Crippen LogP contribution in [-0.2, 0) is 32.6 Å². The molecule has 0 amide bonds. The van der Waals surface area contributed by atoms with Crippen molar-refractivity contribution in [2.24, 2.45) is 0 Å². The minimum Gasteiger partial charge on any atom is -0.394 e. The van der Waals surface area contributed by atoms with Gasteiger partial charge in [-0.25, -0.2) is 19.3 Å². The molecule has 2 aliphatic heterocycles. The van der Waals surface area contributed by atoms with E-state index in [4.69, 9.17) is 39.5 Å². The molecule has 0 bridgehead atoms. The largest absolute Gasteiger partial charge is 0.472 e. The van der Waals surface area contributed by atoms with Gasteiger partial charge in [0.2, 0.25) is 11.9 Å². The summed E-state index contributed by atoms with van der Waals surface area (Å²) in [5, 5.41) is 20.7. The molecule has 21 nitrogen and oxygen atoms in total. The summed E-state index contributed by atoms with van der Waals surface area (Å²) in [5.41, 5.74) is 9.64. The number of aliphatic hydroxyl groups excluding tert-OH is 2. The fourth-order valence-electron chi connectivity index (χ4n) is 4.80. The molecule has 0 spiro atoms. The molecule has 9 atom stereocenters. The molecule has 2 fully saturated rings. The number of phosphoric acid groups is 1. The Morgan fingerprint density at radius 3 is 2.36 bits per heavy atom. The monoisotopic (exact) mass is 617 g/mol. The third kappa shape index (κ3) is 5.54. The van der Waals surface area contributed by atoms with Crippen LogP contribution in [0.1, 0.15) is 12.5 Å². The Morgan fingerprint density at radius 2 is 1.69 bits per heavy atom. The van der Waals surface area contributed by atoms with Gasteiger partial charge in [-0.1, -0.05) is 0 Å². The number of nitrogens with two attached hydrogens (primary N) is 2. The number of aromatic amines is 1. The smallest absolute Gasteiger partial charge is 0.394 e. The predicted molar refractivity (Wildman–Crippen MR) is 136 cm³/mol. The van der Waals surface area contributed by atoms with Gasteiger partial charge in [-0.15, -0.1) is 0 Å². The quantitative estimate of drug-likeness (QED) is 0.121. The lowest BCUT2D eigenvalue weighted by atomic mass is 10.1. The number of nitrogens with zero attached hydrogens (tertiary/aromatic N) is 6. The Kier molecular flexibility index (Phi) is 8.40. The molecular formula is C20H28N9O12P. The zero-order valence-corrected chi connectivity index (χ0v) is 22.9. The second-order valence-electron chi connectivity index (χ2n) is 9.22. The number of rotatable bonds is 10. The number of phosphoric ester groups is 1. The third-order valence-electron chi connectivity index (χ3n) is 6.72. The number of nitrogen functional groups attached to an aromatic ring is 2. The Bertz CT molecular complexity index is 1600. The lowest BCUT2D eigenvalue weighted by Crippen LogP contribution is -2.39. The summed E-state index contributed by atoms with van der Waals surface area (Å²) in [7, 11) is -2.42. The van der Waals surface area contributed by atoms with Crippen LogP contribution < -0.4 is 22.7 Å². The van der Waals surface area contributed by atoms with Gasteiger partial charge in [0.1, 0.15) is 43.0 Å². The van der Waals surface area contributed by atoms with E-state index in [0.717, 1.165) is 10.9 Å². The van der Waals surface area contributed by atoms with Gasteiger partial charge < -0.3 is 45.5 Å². The zero-order chi connectivity index (χ0) is 30.3. The first-order valence-electron chi connectivity index (χ1n) is 12.2. The van der Waals surface area contributed by atoms with Crippen LogP contribution in [0.2, 0.25) is 0 Å². The van der Waals surface area contributed by atoms with Gasteiger partial charge in [-0.3, -0.25) is 28.0 Å². The average molecular weight is 617 g/mol. The molecule has 230 valence electrons. The number of aromatic nitrogens is 7. The number of aliphatic hydroxyl groups is 2. The van der Waals surface area contributed by atoms with Crippen LogP contribution in [0.15, 0.2) is 22.2 Å². The Balaban J connectivity index is 1.30. The van der Waals surface area contributed by atoms with E-state index in [2.05, 4.69) is 24.9 Å². The van der Waals surface area contributed by atoms with Gasteiger partial charge >= 0.3 is 13.5 Å². The van der Waals surface area contributed by atoms with Crippen LogP contribution in [0.25, 0.3) is 11.2 Å². The molecule has 3 aromatic heterocycles. The van der Waals surface area contributed by atoms with Crippen LogP contribution >= 0.6 is 7.82 Å². The van der Waals surface area contributed by atoms with Crippen molar-refractivity contribution in [1.29, 1.82) is 0 Å². The highest BCUT2D eigenvalue weighted by molar-refractivity contribution is 7.47. The minimum atomic E-state index is -4.95. The number of ether oxygens (including phenoxy) is 4. The second kappa shape index (κ2) is 11.7. The number of anilines is 2. The molecule has 1 unspecified atom stereocenters. The van der Waals surface area contributed by atoms with E-state index < -0.39 is 81.4 Å². The molecule has 0 aromatic carbocycles. The number of imidazole rings is 1. The summed E-state index contributed by atoms with van der Waals surface area (Å²) >= 11 is 0. The number of nitrogens with one attached hydrogen (secondary N) is 1. The maximum absolute atomic E-state index is 13.0. The molecule has 5 heterocycles. The lowest BCUT2D eigenvalue weighted by molar-refractivity contribution is -0.0630. The van der Waals surface area contributed by atoms with Crippen molar-refractivity contribution >= 4 is 30.9 Å². The van der Waals surface area contributed by atoms with Crippen molar-refractivity contribution in [3.63, 3.8) is 0 Å². The molecular weight excluding hydrogens is 589 g/mol. The standard InChI is InChI=1S/C20H28N9O12P/c1-36-12-10(31)8(40-16(12)28-5-23-9-14(28)25-19(22)26-15(9)32)4-38-42(34,35)41-11-7(3-30)39-17(13(11)37-2)29-6-24-18(21)27-20(29)33/h5-8,10-13,16-17,30-31H,3-4H2,1-2H3,(H,34,35)(H2,21,27,33)(H3,22,25,26,32)/t7-,8-,10+,11+,12+,13+,16-,17-/m1/s1. The van der Waals surface area contributed by atoms with E-state index in [1.54, 1.807) is 0 Å². The maximum Gasteiger partial charge on any atom is 0.472 e. The molecule has 3 aromatic rings. The first-order chi connectivity index (χ1) is 20.0. The Labute approximate surface area is 234 Å². The van der Waals surface area contributed by atoms with Gasteiger partial charge in [-0.05, 0) is 0 Å². The summed E-state index contributed by atoms with van der Waals surface area (Å²) in [6, 6.07) is 0. The summed E-state index contributed by atoms with van der Waals surface area (Å²) in [6.45, 7) is -1.36. The van der Waals surface area contributed by atoms with Crippen molar-refractivity contribution in [2.45, 2.75) is 49.1 Å². The summed E-state index contributed by atoms with van der Waals surface area (Å²) in [5.74, 6) is -0.463. The average Bonchev–Trinajstić information content (AvgIpc) is 3.60. The van der Waals surface area contributed by atoms with Crippen molar-refractivity contribution < 1.29 is 47.7 Å². The summed E-state index contributed by atoms with van der Waals surface area (Å²) in [6.07, 6.45) is -7.57. The van der Waals surface area contributed by atoms with Gasteiger partial charge in [0.05, 0.1) is 19.5 Å². The fraction of sp³-hybridized carbons (Fsp3) is 0.600. The first-order valence-corrected chi connectivity index (χ1v) is 13.7. The van der Waals surface area contributed by atoms with E-state index in [0.29, 0.717) is 0 Å². The highest BCUT2D eigenvalue weighted by atomic mass is 31.2. The third-order valence-corrected chi connectivity index (χ3v) is 7.71. The number of hydrogen-bond acceptors (Lipinski definition) is 17. The highest BCUT2D eigenvalue weighted by Gasteiger charge is 2.51. The van der Waals surface area contributed by atoms with Crippen LogP contribution in [0.4, 0.5) is 11.9 Å². The maximum atomic E-state index is 13.0. The van der Waals surface area contributed by atoms with E-state index in [-0.39, 0.29) is 23.1 Å². The lowest BCUT2D eigenvalue weighted by Gasteiger charge is -2.25. The van der Waals surface area contributed by atoms with Crippen molar-refractivity contribution in [1.82, 2.24) is 34.1 Å². The molecule has 2 aliphatic rings. The number of fused-ring (bicyclic) bond motifs is 1. The normalized spacial score (nSPS) is 31.1.